The molecule has 0 unspecified atom stereocenters. The Labute approximate surface area is 97.0 Å². The van der Waals surface area contributed by atoms with E-state index in [9.17, 15) is 21.9 Å². The van der Waals surface area contributed by atoms with Crippen LogP contribution in [0.15, 0.2) is 0 Å². The Morgan fingerprint density at radius 3 is 2.00 bits per heavy atom. The van der Waals surface area contributed by atoms with Crippen LogP contribution in [0, 0.1) is 0 Å². The lowest BCUT2D eigenvalue weighted by Crippen LogP contribution is -2.51. The average Bonchev–Trinajstić information content (AvgIpc) is 2.07. The van der Waals surface area contributed by atoms with Gasteiger partial charge in [0.05, 0.1) is 13.2 Å². The molecular weight excluding hydrogens is 284 g/mol. The Kier molecular flexibility index (Phi) is 4.43. The van der Waals surface area contributed by atoms with Gasteiger partial charge < -0.3 is 9.84 Å². The first-order valence-corrected chi connectivity index (χ1v) is 6.89. The molecule has 0 amide bonds. The van der Waals surface area contributed by atoms with Crippen molar-refractivity contribution in [3.8, 4) is 0 Å². The first-order valence-electron chi connectivity index (χ1n) is 4.16. The normalized spacial score (nSPS) is 31.4. The standard InChI is InChI=1S/C5H10O10S2/c6-3-1-13-2-4(14-16(7,8)9)5(3)15-17(10,11)12/h3-6H,1-2H2,(H,7,8,9)(H,10,11,12)/t3-,4+,5+/m1/s1. The molecule has 0 aromatic heterocycles. The van der Waals surface area contributed by atoms with E-state index in [1.165, 1.54) is 0 Å². The van der Waals surface area contributed by atoms with Gasteiger partial charge in [0, 0.05) is 0 Å². The largest absolute Gasteiger partial charge is 0.397 e. The van der Waals surface area contributed by atoms with Gasteiger partial charge in [-0.15, -0.1) is 0 Å². The first kappa shape index (κ1) is 14.7. The van der Waals surface area contributed by atoms with Crippen molar-refractivity contribution in [2.45, 2.75) is 18.3 Å². The highest BCUT2D eigenvalue weighted by Gasteiger charge is 2.40. The van der Waals surface area contributed by atoms with E-state index in [0.717, 1.165) is 0 Å². The number of hydrogen-bond donors (Lipinski definition) is 3. The van der Waals surface area contributed by atoms with Crippen LogP contribution in [0.4, 0.5) is 0 Å². The number of ether oxygens (including phenoxy) is 1. The molecular formula is C5H10O10S2. The molecule has 102 valence electrons. The topological polar surface area (TPSA) is 157 Å². The van der Waals surface area contributed by atoms with Crippen LogP contribution in [0.25, 0.3) is 0 Å². The summed E-state index contributed by atoms with van der Waals surface area (Å²) >= 11 is 0. The Morgan fingerprint density at radius 2 is 1.53 bits per heavy atom. The predicted octanol–water partition coefficient (Wildman–Crippen LogP) is -2.25. The Morgan fingerprint density at radius 1 is 1.00 bits per heavy atom. The van der Waals surface area contributed by atoms with Crippen molar-refractivity contribution >= 4 is 20.8 Å². The lowest BCUT2D eigenvalue weighted by Gasteiger charge is -2.32. The second-order valence-electron chi connectivity index (χ2n) is 3.16. The van der Waals surface area contributed by atoms with Crippen molar-refractivity contribution in [2.24, 2.45) is 0 Å². The summed E-state index contributed by atoms with van der Waals surface area (Å²) in [6.45, 7) is -0.789. The molecule has 0 aliphatic carbocycles. The van der Waals surface area contributed by atoms with Crippen molar-refractivity contribution in [1.29, 1.82) is 0 Å². The summed E-state index contributed by atoms with van der Waals surface area (Å²) in [6.07, 6.45) is -4.85. The molecule has 0 aromatic rings. The molecule has 3 atom stereocenters. The third-order valence-corrected chi connectivity index (χ3v) is 2.75. The molecule has 1 saturated heterocycles. The highest BCUT2D eigenvalue weighted by molar-refractivity contribution is 7.81. The van der Waals surface area contributed by atoms with Crippen LogP contribution in [-0.4, -0.2) is 62.6 Å². The van der Waals surface area contributed by atoms with Gasteiger partial charge in [-0.05, 0) is 0 Å². The number of hydrogen-bond acceptors (Lipinski definition) is 8. The molecule has 1 fully saturated rings. The summed E-state index contributed by atoms with van der Waals surface area (Å²) in [5.41, 5.74) is 0. The van der Waals surface area contributed by atoms with Crippen LogP contribution < -0.4 is 0 Å². The van der Waals surface area contributed by atoms with Gasteiger partial charge >= 0.3 is 20.8 Å². The Hall–Kier alpha value is -0.340. The van der Waals surface area contributed by atoms with Crippen LogP contribution in [0.1, 0.15) is 0 Å². The lowest BCUT2D eigenvalue weighted by molar-refractivity contribution is -0.133. The predicted molar refractivity (Wildman–Crippen MR) is 49.7 cm³/mol. The van der Waals surface area contributed by atoms with Gasteiger partial charge in [0.1, 0.15) is 18.3 Å². The summed E-state index contributed by atoms with van der Waals surface area (Å²) in [7, 11) is -9.80. The summed E-state index contributed by atoms with van der Waals surface area (Å²) in [5.74, 6) is 0. The monoisotopic (exact) mass is 294 g/mol. The van der Waals surface area contributed by atoms with E-state index < -0.39 is 45.7 Å². The van der Waals surface area contributed by atoms with Gasteiger partial charge in [0.15, 0.2) is 0 Å². The van der Waals surface area contributed by atoms with Crippen LogP contribution in [0.3, 0.4) is 0 Å². The highest BCUT2D eigenvalue weighted by atomic mass is 32.3. The molecule has 3 N–H and O–H groups in total. The fourth-order valence-electron chi connectivity index (χ4n) is 1.25. The van der Waals surface area contributed by atoms with Crippen molar-refractivity contribution in [3.05, 3.63) is 0 Å². The van der Waals surface area contributed by atoms with Gasteiger partial charge in [0.2, 0.25) is 0 Å². The minimum absolute atomic E-state index is 0.342. The molecule has 0 aromatic carbocycles. The average molecular weight is 294 g/mol. The van der Waals surface area contributed by atoms with Gasteiger partial charge in [-0.25, -0.2) is 8.37 Å². The van der Waals surface area contributed by atoms with Crippen LogP contribution >= 0.6 is 0 Å². The molecule has 0 radical (unpaired) electrons. The highest BCUT2D eigenvalue weighted by Crippen LogP contribution is 2.18. The van der Waals surface area contributed by atoms with E-state index in [0.29, 0.717) is 0 Å². The fraction of sp³-hybridized carbons (Fsp3) is 1.00. The van der Waals surface area contributed by atoms with Crippen molar-refractivity contribution in [2.75, 3.05) is 13.2 Å². The molecule has 12 heteroatoms. The number of rotatable bonds is 4. The molecule has 1 aliphatic heterocycles. The van der Waals surface area contributed by atoms with E-state index in [4.69, 9.17) is 9.11 Å². The Balaban J connectivity index is 2.85. The maximum Gasteiger partial charge on any atom is 0.397 e. The lowest BCUT2D eigenvalue weighted by atomic mass is 10.1. The maximum atomic E-state index is 10.5. The second-order valence-corrected chi connectivity index (χ2v) is 5.25. The summed E-state index contributed by atoms with van der Waals surface area (Å²) < 4.78 is 71.5. The van der Waals surface area contributed by atoms with E-state index >= 15 is 0 Å². The second kappa shape index (κ2) is 5.11. The summed E-state index contributed by atoms with van der Waals surface area (Å²) in [6, 6.07) is 0. The molecule has 0 saturated carbocycles. The van der Waals surface area contributed by atoms with Crippen LogP contribution in [0.5, 0.6) is 0 Å². The fourth-order valence-corrected chi connectivity index (χ4v) is 2.26. The quantitative estimate of drug-likeness (QED) is 0.484. The molecule has 1 heterocycles. The third kappa shape index (κ3) is 5.22. The molecule has 1 rings (SSSR count). The zero-order chi connectivity index (χ0) is 13.3. The van der Waals surface area contributed by atoms with Crippen LogP contribution in [-0.2, 0) is 33.9 Å². The van der Waals surface area contributed by atoms with E-state index in [1.807, 2.05) is 0 Å². The molecule has 10 nitrogen and oxygen atoms in total. The minimum Gasteiger partial charge on any atom is -0.388 e. The molecule has 0 bridgehead atoms. The van der Waals surface area contributed by atoms with Crippen LogP contribution in [0.2, 0.25) is 0 Å². The zero-order valence-corrected chi connectivity index (χ0v) is 9.80. The number of aliphatic hydroxyl groups excluding tert-OH is 1. The first-order chi connectivity index (χ1) is 7.58. The Bertz CT molecular complexity index is 451. The van der Waals surface area contributed by atoms with Crippen molar-refractivity contribution in [1.82, 2.24) is 0 Å². The summed E-state index contributed by atoms with van der Waals surface area (Å²) in [4.78, 5) is 0. The van der Waals surface area contributed by atoms with E-state index in [-0.39, 0.29) is 6.61 Å². The van der Waals surface area contributed by atoms with Crippen molar-refractivity contribution in [3.63, 3.8) is 0 Å². The minimum atomic E-state index is -4.92. The van der Waals surface area contributed by atoms with E-state index in [2.05, 4.69) is 13.1 Å². The van der Waals surface area contributed by atoms with Gasteiger partial charge in [0.25, 0.3) is 0 Å². The zero-order valence-electron chi connectivity index (χ0n) is 8.16. The maximum absolute atomic E-state index is 10.5. The van der Waals surface area contributed by atoms with Gasteiger partial charge in [-0.1, -0.05) is 0 Å². The molecule has 0 spiro atoms. The smallest absolute Gasteiger partial charge is 0.388 e. The third-order valence-electron chi connectivity index (χ3n) is 1.79. The SMILES string of the molecule is O=S(=O)(O)O[C@H]1[C@H](O)COC[C@@H]1OS(=O)(=O)O. The molecule has 1 aliphatic rings. The molecule has 17 heavy (non-hydrogen) atoms. The van der Waals surface area contributed by atoms with Crippen molar-refractivity contribution < 1.29 is 44.2 Å². The van der Waals surface area contributed by atoms with E-state index in [1.54, 1.807) is 0 Å². The number of aliphatic hydroxyl groups is 1. The van der Waals surface area contributed by atoms with Gasteiger partial charge in [-0.3, -0.25) is 9.11 Å². The van der Waals surface area contributed by atoms with Gasteiger partial charge in [-0.2, -0.15) is 16.8 Å². The summed E-state index contributed by atoms with van der Waals surface area (Å²) in [5, 5.41) is 9.32.